The topological polar surface area (TPSA) is 49.8 Å². The molecule has 22 heavy (non-hydrogen) atoms. The number of rotatable bonds is 3. The van der Waals surface area contributed by atoms with Crippen molar-refractivity contribution in [2.75, 3.05) is 10.6 Å². The molecule has 0 saturated carbocycles. The summed E-state index contributed by atoms with van der Waals surface area (Å²) < 4.78 is 0. The van der Waals surface area contributed by atoms with E-state index in [9.17, 15) is 0 Å². The Kier molecular flexibility index (Phi) is 4.62. The highest BCUT2D eigenvalue weighted by atomic mass is 35.5. The van der Waals surface area contributed by atoms with E-state index in [-0.39, 0.29) is 0 Å². The van der Waals surface area contributed by atoms with Gasteiger partial charge in [0.05, 0.1) is 0 Å². The predicted molar refractivity (Wildman–Crippen MR) is 96.6 cm³/mol. The summed E-state index contributed by atoms with van der Waals surface area (Å²) in [6.45, 7) is 0. The molecule has 0 bridgehead atoms. The van der Waals surface area contributed by atoms with Gasteiger partial charge in [0, 0.05) is 16.3 Å². The third-order valence-electron chi connectivity index (χ3n) is 2.77. The quantitative estimate of drug-likeness (QED) is 0.675. The highest BCUT2D eigenvalue weighted by Crippen LogP contribution is 2.27. The van der Waals surface area contributed by atoms with Gasteiger partial charge in [0.25, 0.3) is 0 Å². The van der Waals surface area contributed by atoms with Gasteiger partial charge in [-0.1, -0.05) is 53.3 Å². The summed E-state index contributed by atoms with van der Waals surface area (Å²) in [6, 6.07) is 17.2. The van der Waals surface area contributed by atoms with E-state index < -0.39 is 0 Å². The van der Waals surface area contributed by atoms with Crippen LogP contribution in [0.2, 0.25) is 5.02 Å². The largest absolute Gasteiger partial charge is 0.332 e. The minimum Gasteiger partial charge on any atom is -0.332 e. The molecule has 3 rings (SSSR count). The molecule has 2 N–H and O–H groups in total. The van der Waals surface area contributed by atoms with Crippen LogP contribution in [0.3, 0.4) is 0 Å². The average Bonchev–Trinajstić information content (AvgIpc) is 2.97. The van der Waals surface area contributed by atoms with Crippen LogP contribution in [0, 0.1) is 0 Å². The molecule has 0 fully saturated rings. The molecule has 1 heterocycles. The first-order valence-corrected chi connectivity index (χ1v) is 8.03. The molecule has 0 atom stereocenters. The molecule has 0 amide bonds. The fourth-order valence-electron chi connectivity index (χ4n) is 1.76. The molecule has 0 radical (unpaired) electrons. The van der Waals surface area contributed by atoms with Crippen LogP contribution in [0.15, 0.2) is 54.6 Å². The second-order valence-corrected chi connectivity index (χ2v) is 6.19. The second-order valence-electron chi connectivity index (χ2n) is 4.36. The van der Waals surface area contributed by atoms with E-state index in [1.807, 2.05) is 54.6 Å². The summed E-state index contributed by atoms with van der Waals surface area (Å²) >= 11 is 12.6. The molecule has 0 aliphatic rings. The number of hydrogen-bond donors (Lipinski definition) is 2. The van der Waals surface area contributed by atoms with E-state index in [2.05, 4.69) is 20.8 Å². The molecule has 0 unspecified atom stereocenters. The standard InChI is InChI=1S/C15H11ClN4S2/c16-11-8-6-10(7-9-11)13-19-20-15(22-13)18-14(21)17-12-4-2-1-3-5-12/h1-9H,(H2,17,18,20,21). The second kappa shape index (κ2) is 6.83. The molecule has 0 saturated heterocycles. The summed E-state index contributed by atoms with van der Waals surface area (Å²) in [5, 5.41) is 17.0. The monoisotopic (exact) mass is 346 g/mol. The van der Waals surface area contributed by atoms with Crippen LogP contribution in [0.25, 0.3) is 10.6 Å². The Labute approximate surface area is 142 Å². The molecular weight excluding hydrogens is 336 g/mol. The summed E-state index contributed by atoms with van der Waals surface area (Å²) in [5.41, 5.74) is 1.89. The molecule has 0 aliphatic heterocycles. The SMILES string of the molecule is S=C(Nc1ccccc1)Nc1nnc(-c2ccc(Cl)cc2)s1. The Bertz CT molecular complexity index is 772. The number of anilines is 2. The maximum absolute atomic E-state index is 5.88. The van der Waals surface area contributed by atoms with Crippen molar-refractivity contribution >= 4 is 51.1 Å². The number of nitrogens with zero attached hydrogens (tertiary/aromatic N) is 2. The first-order valence-electron chi connectivity index (χ1n) is 6.43. The zero-order valence-electron chi connectivity index (χ0n) is 11.3. The van der Waals surface area contributed by atoms with Gasteiger partial charge in [-0.25, -0.2) is 0 Å². The third-order valence-corrected chi connectivity index (χ3v) is 4.11. The molecule has 0 spiro atoms. The van der Waals surface area contributed by atoms with E-state index in [1.165, 1.54) is 11.3 Å². The average molecular weight is 347 g/mol. The lowest BCUT2D eigenvalue weighted by Gasteiger charge is -2.07. The molecule has 7 heteroatoms. The van der Waals surface area contributed by atoms with Crippen molar-refractivity contribution in [1.29, 1.82) is 0 Å². The van der Waals surface area contributed by atoms with Crippen LogP contribution >= 0.6 is 35.2 Å². The Balaban J connectivity index is 1.66. The van der Waals surface area contributed by atoms with Crippen molar-refractivity contribution < 1.29 is 0 Å². The zero-order valence-corrected chi connectivity index (χ0v) is 13.7. The van der Waals surface area contributed by atoms with Crippen molar-refractivity contribution in [3.63, 3.8) is 0 Å². The maximum Gasteiger partial charge on any atom is 0.212 e. The zero-order chi connectivity index (χ0) is 15.4. The smallest absolute Gasteiger partial charge is 0.212 e. The summed E-state index contributed by atoms with van der Waals surface area (Å²) in [7, 11) is 0. The van der Waals surface area contributed by atoms with Gasteiger partial charge >= 0.3 is 0 Å². The van der Waals surface area contributed by atoms with Crippen molar-refractivity contribution in [2.24, 2.45) is 0 Å². The van der Waals surface area contributed by atoms with Gasteiger partial charge in [-0.3, -0.25) is 0 Å². The first-order chi connectivity index (χ1) is 10.7. The minimum absolute atomic E-state index is 0.477. The van der Waals surface area contributed by atoms with Crippen LogP contribution in [-0.4, -0.2) is 15.3 Å². The summed E-state index contributed by atoms with van der Waals surface area (Å²) in [5.74, 6) is 0. The number of nitrogens with one attached hydrogen (secondary N) is 2. The Morgan fingerprint density at radius 2 is 1.68 bits per heavy atom. The number of aromatic nitrogens is 2. The van der Waals surface area contributed by atoms with Gasteiger partial charge in [-0.15, -0.1) is 10.2 Å². The van der Waals surface area contributed by atoms with E-state index in [4.69, 9.17) is 23.8 Å². The van der Waals surface area contributed by atoms with Crippen LogP contribution in [0.4, 0.5) is 10.8 Å². The lowest BCUT2D eigenvalue weighted by Crippen LogP contribution is -2.18. The highest BCUT2D eigenvalue weighted by Gasteiger charge is 2.08. The fourth-order valence-corrected chi connectivity index (χ4v) is 2.92. The number of thiocarbonyl (C=S) groups is 1. The van der Waals surface area contributed by atoms with Gasteiger partial charge in [-0.05, 0) is 36.5 Å². The fraction of sp³-hybridized carbons (Fsp3) is 0. The Hall–Kier alpha value is -2.02. The minimum atomic E-state index is 0.477. The molecule has 2 aromatic carbocycles. The van der Waals surface area contributed by atoms with E-state index in [1.54, 1.807) is 0 Å². The molecule has 0 aliphatic carbocycles. The Morgan fingerprint density at radius 3 is 2.41 bits per heavy atom. The molecule has 110 valence electrons. The van der Waals surface area contributed by atoms with E-state index in [0.717, 1.165) is 16.3 Å². The predicted octanol–water partition coefficient (Wildman–Crippen LogP) is 4.67. The highest BCUT2D eigenvalue weighted by molar-refractivity contribution is 7.80. The first kappa shape index (κ1) is 14.9. The molecule has 3 aromatic rings. The third kappa shape index (κ3) is 3.79. The van der Waals surface area contributed by atoms with Crippen molar-refractivity contribution in [2.45, 2.75) is 0 Å². The summed E-state index contributed by atoms with van der Waals surface area (Å²) in [4.78, 5) is 0. The van der Waals surface area contributed by atoms with Crippen LogP contribution in [0.1, 0.15) is 0 Å². The van der Waals surface area contributed by atoms with Crippen LogP contribution in [0.5, 0.6) is 0 Å². The number of benzene rings is 2. The number of para-hydroxylation sites is 1. The van der Waals surface area contributed by atoms with Gasteiger partial charge in [0.1, 0.15) is 5.01 Å². The summed E-state index contributed by atoms with van der Waals surface area (Å²) in [6.07, 6.45) is 0. The number of halogens is 1. The molecule has 1 aromatic heterocycles. The van der Waals surface area contributed by atoms with Gasteiger partial charge in [0.15, 0.2) is 5.11 Å². The van der Waals surface area contributed by atoms with Crippen molar-refractivity contribution in [1.82, 2.24) is 10.2 Å². The van der Waals surface area contributed by atoms with Crippen LogP contribution in [-0.2, 0) is 0 Å². The lowest BCUT2D eigenvalue weighted by atomic mass is 10.2. The van der Waals surface area contributed by atoms with Crippen molar-refractivity contribution in [3.05, 3.63) is 59.6 Å². The van der Waals surface area contributed by atoms with E-state index >= 15 is 0 Å². The lowest BCUT2D eigenvalue weighted by molar-refractivity contribution is 1.10. The molecular formula is C15H11ClN4S2. The van der Waals surface area contributed by atoms with Gasteiger partial charge in [0.2, 0.25) is 5.13 Å². The van der Waals surface area contributed by atoms with E-state index in [0.29, 0.717) is 15.3 Å². The maximum atomic E-state index is 5.88. The van der Waals surface area contributed by atoms with Gasteiger partial charge in [-0.2, -0.15) is 0 Å². The molecule has 4 nitrogen and oxygen atoms in total. The number of hydrogen-bond acceptors (Lipinski definition) is 4. The van der Waals surface area contributed by atoms with Gasteiger partial charge < -0.3 is 10.6 Å². The Morgan fingerprint density at radius 1 is 0.955 bits per heavy atom. The van der Waals surface area contributed by atoms with Crippen molar-refractivity contribution in [3.8, 4) is 10.6 Å². The normalized spacial score (nSPS) is 10.2. The van der Waals surface area contributed by atoms with Crippen LogP contribution < -0.4 is 10.6 Å².